The van der Waals surface area contributed by atoms with Crippen molar-refractivity contribution in [3.63, 3.8) is 0 Å². The van der Waals surface area contributed by atoms with Crippen LogP contribution in [-0.4, -0.2) is 0 Å². The smallest absolute Gasteiger partial charge is 0.0315 e. The SMILES string of the molecule is C=Cc1cc(C(=C)N)cc(SC(=C)C)c1C. The van der Waals surface area contributed by atoms with Crippen LogP contribution in [0, 0.1) is 6.92 Å². The first-order valence-electron chi connectivity index (χ1n) is 5.01. The number of hydrogen-bond donors (Lipinski definition) is 1. The molecule has 0 unspecified atom stereocenters. The molecular weight excluding hydrogens is 214 g/mol. The summed E-state index contributed by atoms with van der Waals surface area (Å²) in [6.45, 7) is 15.5. The van der Waals surface area contributed by atoms with Crippen molar-refractivity contribution in [2.24, 2.45) is 5.73 Å². The molecule has 0 saturated carbocycles. The Bertz CT molecular complexity index is 458. The standard InChI is InChI=1S/C14H17NS/c1-6-12-7-13(11(5)15)8-14(10(12)4)16-9(2)3/h6-8H,1-2,5,15H2,3-4H3. The van der Waals surface area contributed by atoms with E-state index in [-0.39, 0.29) is 0 Å². The van der Waals surface area contributed by atoms with Crippen molar-refractivity contribution in [3.05, 3.63) is 53.5 Å². The molecule has 0 bridgehead atoms. The quantitative estimate of drug-likeness (QED) is 0.786. The van der Waals surface area contributed by atoms with Crippen LogP contribution in [0.1, 0.15) is 23.6 Å². The average Bonchev–Trinajstić information content (AvgIpc) is 2.20. The Hall–Kier alpha value is -1.41. The summed E-state index contributed by atoms with van der Waals surface area (Å²) in [5.74, 6) is 0. The van der Waals surface area contributed by atoms with E-state index < -0.39 is 0 Å². The average molecular weight is 231 g/mol. The fraction of sp³-hybridized carbons (Fsp3) is 0.143. The summed E-state index contributed by atoms with van der Waals surface area (Å²) < 4.78 is 0. The van der Waals surface area contributed by atoms with Gasteiger partial charge < -0.3 is 5.73 Å². The van der Waals surface area contributed by atoms with E-state index in [0.29, 0.717) is 5.70 Å². The van der Waals surface area contributed by atoms with Gasteiger partial charge >= 0.3 is 0 Å². The second-order valence-electron chi connectivity index (χ2n) is 3.72. The Labute approximate surface area is 102 Å². The summed E-state index contributed by atoms with van der Waals surface area (Å²) in [5.41, 5.74) is 9.54. The summed E-state index contributed by atoms with van der Waals surface area (Å²) in [4.78, 5) is 2.21. The molecule has 0 fully saturated rings. The predicted molar refractivity (Wildman–Crippen MR) is 75.2 cm³/mol. The monoisotopic (exact) mass is 231 g/mol. The molecule has 1 aromatic rings. The Morgan fingerprint density at radius 1 is 1.38 bits per heavy atom. The third-order valence-corrected chi connectivity index (χ3v) is 3.27. The molecule has 0 radical (unpaired) electrons. The third kappa shape index (κ3) is 2.80. The van der Waals surface area contributed by atoms with Crippen molar-refractivity contribution >= 4 is 23.5 Å². The molecule has 0 aliphatic rings. The van der Waals surface area contributed by atoms with E-state index in [9.17, 15) is 0 Å². The van der Waals surface area contributed by atoms with Gasteiger partial charge in [0.15, 0.2) is 0 Å². The van der Waals surface area contributed by atoms with Crippen LogP contribution in [0.4, 0.5) is 0 Å². The first kappa shape index (κ1) is 12.7. The van der Waals surface area contributed by atoms with Crippen LogP contribution < -0.4 is 5.73 Å². The molecule has 2 heteroatoms. The largest absolute Gasteiger partial charge is 0.399 e. The number of rotatable bonds is 4. The van der Waals surface area contributed by atoms with Crippen molar-refractivity contribution in [2.45, 2.75) is 18.7 Å². The van der Waals surface area contributed by atoms with Crippen LogP contribution in [0.25, 0.3) is 11.8 Å². The van der Waals surface area contributed by atoms with E-state index in [1.54, 1.807) is 11.8 Å². The van der Waals surface area contributed by atoms with Gasteiger partial charge in [0.25, 0.3) is 0 Å². The Balaban J connectivity index is 3.35. The van der Waals surface area contributed by atoms with Crippen molar-refractivity contribution in [2.75, 3.05) is 0 Å². The van der Waals surface area contributed by atoms with Crippen molar-refractivity contribution in [3.8, 4) is 0 Å². The minimum atomic E-state index is 0.576. The third-order valence-electron chi connectivity index (χ3n) is 2.28. The van der Waals surface area contributed by atoms with Crippen LogP contribution in [0.15, 0.2) is 41.7 Å². The first-order chi connectivity index (χ1) is 7.45. The molecular formula is C14H17NS. The summed E-state index contributed by atoms with van der Waals surface area (Å²) in [7, 11) is 0. The van der Waals surface area contributed by atoms with Crippen LogP contribution >= 0.6 is 11.8 Å². The second-order valence-corrected chi connectivity index (χ2v) is 5.06. The van der Waals surface area contributed by atoms with Gasteiger partial charge in [-0.25, -0.2) is 0 Å². The van der Waals surface area contributed by atoms with Crippen LogP contribution in [-0.2, 0) is 0 Å². The molecule has 0 atom stereocenters. The van der Waals surface area contributed by atoms with Gasteiger partial charge in [-0.15, -0.1) is 0 Å². The minimum absolute atomic E-state index is 0.576. The van der Waals surface area contributed by atoms with Crippen molar-refractivity contribution in [1.82, 2.24) is 0 Å². The van der Waals surface area contributed by atoms with Gasteiger partial charge in [0.1, 0.15) is 0 Å². The summed E-state index contributed by atoms with van der Waals surface area (Å²) in [6, 6.07) is 4.05. The minimum Gasteiger partial charge on any atom is -0.399 e. The van der Waals surface area contributed by atoms with Crippen LogP contribution in [0.2, 0.25) is 0 Å². The summed E-state index contributed by atoms with van der Waals surface area (Å²) >= 11 is 1.65. The lowest BCUT2D eigenvalue weighted by atomic mass is 10.0. The van der Waals surface area contributed by atoms with Gasteiger partial charge in [-0.3, -0.25) is 0 Å². The van der Waals surface area contributed by atoms with E-state index in [2.05, 4.69) is 26.7 Å². The fourth-order valence-corrected chi connectivity index (χ4v) is 2.23. The highest BCUT2D eigenvalue weighted by Gasteiger charge is 2.07. The molecule has 1 rings (SSSR count). The van der Waals surface area contributed by atoms with E-state index in [0.717, 1.165) is 20.9 Å². The van der Waals surface area contributed by atoms with Crippen LogP contribution in [0.3, 0.4) is 0 Å². The van der Waals surface area contributed by atoms with Gasteiger partial charge in [0.05, 0.1) is 0 Å². The summed E-state index contributed by atoms with van der Waals surface area (Å²) in [6.07, 6.45) is 1.84. The number of allylic oxidation sites excluding steroid dienone is 1. The molecule has 0 heterocycles. The molecule has 0 aromatic heterocycles. The molecule has 0 spiro atoms. The maximum atomic E-state index is 5.73. The Morgan fingerprint density at radius 3 is 2.44 bits per heavy atom. The zero-order chi connectivity index (χ0) is 12.3. The lowest BCUT2D eigenvalue weighted by molar-refractivity contribution is 1.27. The highest BCUT2D eigenvalue weighted by molar-refractivity contribution is 8.03. The number of thioether (sulfide) groups is 1. The fourth-order valence-electron chi connectivity index (χ4n) is 1.40. The molecule has 0 aliphatic heterocycles. The Morgan fingerprint density at radius 2 is 2.00 bits per heavy atom. The number of hydrogen-bond acceptors (Lipinski definition) is 2. The van der Waals surface area contributed by atoms with Crippen molar-refractivity contribution < 1.29 is 0 Å². The number of nitrogens with two attached hydrogens (primary N) is 1. The second kappa shape index (κ2) is 5.08. The first-order valence-corrected chi connectivity index (χ1v) is 5.82. The summed E-state index contributed by atoms with van der Waals surface area (Å²) in [5, 5.41) is 0. The molecule has 2 N–H and O–H groups in total. The Kier molecular flexibility index (Phi) is 4.02. The molecule has 1 nitrogen and oxygen atoms in total. The van der Waals surface area contributed by atoms with Crippen molar-refractivity contribution in [1.29, 1.82) is 0 Å². The maximum absolute atomic E-state index is 5.73. The zero-order valence-electron chi connectivity index (χ0n) is 9.84. The highest BCUT2D eigenvalue weighted by atomic mass is 32.2. The van der Waals surface area contributed by atoms with E-state index in [1.165, 1.54) is 5.56 Å². The number of benzene rings is 1. The van der Waals surface area contributed by atoms with Gasteiger partial charge in [-0.1, -0.05) is 37.6 Å². The molecule has 84 valence electrons. The molecule has 0 amide bonds. The van der Waals surface area contributed by atoms with Gasteiger partial charge in [-0.05, 0) is 47.6 Å². The molecule has 0 saturated heterocycles. The molecule has 16 heavy (non-hydrogen) atoms. The normalized spacial score (nSPS) is 9.88. The van der Waals surface area contributed by atoms with Gasteiger partial charge in [0, 0.05) is 10.6 Å². The van der Waals surface area contributed by atoms with Gasteiger partial charge in [0.2, 0.25) is 0 Å². The van der Waals surface area contributed by atoms with Crippen LogP contribution in [0.5, 0.6) is 0 Å². The topological polar surface area (TPSA) is 26.0 Å². The zero-order valence-corrected chi connectivity index (χ0v) is 10.7. The lowest BCUT2D eigenvalue weighted by Crippen LogP contribution is -1.97. The molecule has 0 aliphatic carbocycles. The van der Waals surface area contributed by atoms with E-state index in [4.69, 9.17) is 5.73 Å². The van der Waals surface area contributed by atoms with E-state index in [1.807, 2.05) is 25.1 Å². The predicted octanol–water partition coefficient (Wildman–Crippen LogP) is 4.19. The lowest BCUT2D eigenvalue weighted by Gasteiger charge is -2.11. The highest BCUT2D eigenvalue weighted by Crippen LogP contribution is 2.32. The van der Waals surface area contributed by atoms with E-state index >= 15 is 0 Å². The van der Waals surface area contributed by atoms with Gasteiger partial charge in [-0.2, -0.15) is 0 Å². The maximum Gasteiger partial charge on any atom is 0.0315 e. The molecule has 1 aromatic carbocycles.